The number of amides is 1. The van der Waals surface area contributed by atoms with E-state index in [1.807, 2.05) is 0 Å². The molecule has 1 saturated heterocycles. The Morgan fingerprint density at radius 2 is 2.29 bits per heavy atom. The number of aromatic nitrogens is 2. The first-order chi connectivity index (χ1) is 8.18. The second-order valence-corrected chi connectivity index (χ2v) is 4.29. The molecule has 1 aliphatic rings. The molecular formula is C12H15N3O2. The number of ketones is 1. The maximum Gasteiger partial charge on any atom is 0.274 e. The molecule has 1 aromatic rings. The second kappa shape index (κ2) is 5.03. The number of hydrogen-bond donors (Lipinski definition) is 0. The van der Waals surface area contributed by atoms with Crippen LogP contribution in [0.1, 0.15) is 36.7 Å². The lowest BCUT2D eigenvalue weighted by Gasteiger charge is -2.23. The highest BCUT2D eigenvalue weighted by Crippen LogP contribution is 2.21. The van der Waals surface area contributed by atoms with Crippen LogP contribution in [-0.2, 0) is 4.79 Å². The fourth-order valence-electron chi connectivity index (χ4n) is 2.20. The van der Waals surface area contributed by atoms with E-state index in [1.165, 1.54) is 18.6 Å². The summed E-state index contributed by atoms with van der Waals surface area (Å²) in [6.45, 7) is 2.26. The Labute approximate surface area is 99.9 Å². The van der Waals surface area contributed by atoms with E-state index in [-0.39, 0.29) is 17.7 Å². The standard InChI is InChI=1S/C12H15N3O2/c1-9(16)7-10-3-2-6-15(10)12(17)11-8-13-4-5-14-11/h4-5,8,10H,2-3,6-7H2,1H3. The van der Waals surface area contributed by atoms with Crippen molar-refractivity contribution in [1.29, 1.82) is 0 Å². The summed E-state index contributed by atoms with van der Waals surface area (Å²) >= 11 is 0. The van der Waals surface area contributed by atoms with Gasteiger partial charge in [0.05, 0.1) is 6.20 Å². The van der Waals surface area contributed by atoms with Crippen molar-refractivity contribution in [3.05, 3.63) is 24.3 Å². The van der Waals surface area contributed by atoms with Crippen LogP contribution >= 0.6 is 0 Å². The average molecular weight is 233 g/mol. The highest BCUT2D eigenvalue weighted by molar-refractivity contribution is 5.92. The van der Waals surface area contributed by atoms with Gasteiger partial charge in [-0.15, -0.1) is 0 Å². The highest BCUT2D eigenvalue weighted by Gasteiger charge is 2.30. The maximum atomic E-state index is 12.2. The Morgan fingerprint density at radius 1 is 1.47 bits per heavy atom. The van der Waals surface area contributed by atoms with Gasteiger partial charge in [-0.3, -0.25) is 14.6 Å². The molecule has 0 aromatic carbocycles. The smallest absolute Gasteiger partial charge is 0.274 e. The third kappa shape index (κ3) is 2.67. The van der Waals surface area contributed by atoms with E-state index in [2.05, 4.69) is 9.97 Å². The molecule has 0 bridgehead atoms. The molecule has 1 unspecified atom stereocenters. The summed E-state index contributed by atoms with van der Waals surface area (Å²) in [7, 11) is 0. The number of hydrogen-bond acceptors (Lipinski definition) is 4. The molecule has 5 nitrogen and oxygen atoms in total. The Hall–Kier alpha value is -1.78. The van der Waals surface area contributed by atoms with Gasteiger partial charge in [0.25, 0.3) is 5.91 Å². The van der Waals surface area contributed by atoms with Crippen molar-refractivity contribution < 1.29 is 9.59 Å². The minimum Gasteiger partial charge on any atom is -0.334 e. The molecule has 0 aliphatic carbocycles. The molecule has 2 rings (SSSR count). The van der Waals surface area contributed by atoms with Crippen molar-refractivity contribution in [2.24, 2.45) is 0 Å². The quantitative estimate of drug-likeness (QED) is 0.783. The minimum absolute atomic E-state index is 0.0296. The minimum atomic E-state index is -0.123. The van der Waals surface area contributed by atoms with Gasteiger partial charge >= 0.3 is 0 Å². The van der Waals surface area contributed by atoms with E-state index >= 15 is 0 Å². The summed E-state index contributed by atoms with van der Waals surface area (Å²) < 4.78 is 0. The van der Waals surface area contributed by atoms with Gasteiger partial charge < -0.3 is 4.90 Å². The number of rotatable bonds is 3. The lowest BCUT2D eigenvalue weighted by Crippen LogP contribution is -2.37. The van der Waals surface area contributed by atoms with Gasteiger partial charge in [-0.05, 0) is 19.8 Å². The number of Topliss-reactive ketones (excluding diaryl/α,β-unsaturated/α-hetero) is 1. The zero-order chi connectivity index (χ0) is 12.3. The van der Waals surface area contributed by atoms with Crippen LogP contribution in [0.5, 0.6) is 0 Å². The van der Waals surface area contributed by atoms with Crippen LogP contribution < -0.4 is 0 Å². The van der Waals surface area contributed by atoms with Gasteiger partial charge in [-0.2, -0.15) is 0 Å². The molecule has 1 atom stereocenters. The fourth-order valence-corrected chi connectivity index (χ4v) is 2.20. The summed E-state index contributed by atoms with van der Waals surface area (Å²) in [5.41, 5.74) is 0.350. The predicted octanol–water partition coefficient (Wildman–Crippen LogP) is 1.06. The average Bonchev–Trinajstić information content (AvgIpc) is 2.76. The monoisotopic (exact) mass is 233 g/mol. The highest BCUT2D eigenvalue weighted by atomic mass is 16.2. The summed E-state index contributed by atoms with van der Waals surface area (Å²) in [5, 5.41) is 0. The normalized spacial score (nSPS) is 19.4. The van der Waals surface area contributed by atoms with Crippen LogP contribution in [0.15, 0.2) is 18.6 Å². The van der Waals surface area contributed by atoms with Crippen molar-refractivity contribution in [3.8, 4) is 0 Å². The Kier molecular flexibility index (Phi) is 3.46. The second-order valence-electron chi connectivity index (χ2n) is 4.29. The zero-order valence-corrected chi connectivity index (χ0v) is 9.80. The van der Waals surface area contributed by atoms with E-state index < -0.39 is 0 Å². The van der Waals surface area contributed by atoms with E-state index in [0.717, 1.165) is 12.8 Å². The van der Waals surface area contributed by atoms with Crippen LogP contribution in [0.3, 0.4) is 0 Å². The van der Waals surface area contributed by atoms with Crippen molar-refractivity contribution in [1.82, 2.24) is 14.9 Å². The molecule has 0 saturated carbocycles. The molecule has 1 aromatic heterocycles. The summed E-state index contributed by atoms with van der Waals surface area (Å²) in [6.07, 6.45) is 6.78. The number of likely N-dealkylation sites (tertiary alicyclic amines) is 1. The Balaban J connectivity index is 2.11. The van der Waals surface area contributed by atoms with Crippen LogP contribution in [-0.4, -0.2) is 39.1 Å². The molecule has 0 radical (unpaired) electrons. The van der Waals surface area contributed by atoms with Gasteiger partial charge in [-0.1, -0.05) is 0 Å². The van der Waals surface area contributed by atoms with Crippen LogP contribution in [0.4, 0.5) is 0 Å². The molecule has 1 fully saturated rings. The van der Waals surface area contributed by atoms with E-state index in [0.29, 0.717) is 18.7 Å². The van der Waals surface area contributed by atoms with Crippen molar-refractivity contribution in [2.45, 2.75) is 32.2 Å². The summed E-state index contributed by atoms with van der Waals surface area (Å²) in [5.74, 6) is -0.00399. The third-order valence-electron chi connectivity index (χ3n) is 2.94. The van der Waals surface area contributed by atoms with Gasteiger partial charge in [-0.25, -0.2) is 4.98 Å². The summed E-state index contributed by atoms with van der Waals surface area (Å²) in [4.78, 5) is 32.9. The van der Waals surface area contributed by atoms with Crippen LogP contribution in [0.25, 0.3) is 0 Å². The molecule has 0 N–H and O–H groups in total. The molecule has 17 heavy (non-hydrogen) atoms. The topological polar surface area (TPSA) is 63.2 Å². The largest absolute Gasteiger partial charge is 0.334 e. The molecule has 1 amide bonds. The van der Waals surface area contributed by atoms with Gasteiger partial charge in [0.1, 0.15) is 11.5 Å². The van der Waals surface area contributed by atoms with Crippen molar-refractivity contribution in [3.63, 3.8) is 0 Å². The van der Waals surface area contributed by atoms with Gasteiger partial charge in [0, 0.05) is 31.4 Å². The van der Waals surface area contributed by atoms with Crippen LogP contribution in [0.2, 0.25) is 0 Å². The molecule has 2 heterocycles. The first-order valence-electron chi connectivity index (χ1n) is 5.75. The summed E-state index contributed by atoms with van der Waals surface area (Å²) in [6, 6.07) is 0.0296. The van der Waals surface area contributed by atoms with Crippen LogP contribution in [0, 0.1) is 0 Å². The van der Waals surface area contributed by atoms with E-state index in [1.54, 1.807) is 11.8 Å². The van der Waals surface area contributed by atoms with Crippen molar-refractivity contribution in [2.75, 3.05) is 6.54 Å². The number of nitrogens with zero attached hydrogens (tertiary/aromatic N) is 3. The Bertz CT molecular complexity index is 419. The predicted molar refractivity (Wildman–Crippen MR) is 61.4 cm³/mol. The molecule has 1 aliphatic heterocycles. The number of carbonyl (C=O) groups excluding carboxylic acids is 2. The Morgan fingerprint density at radius 3 is 2.94 bits per heavy atom. The van der Waals surface area contributed by atoms with Crippen molar-refractivity contribution >= 4 is 11.7 Å². The SMILES string of the molecule is CC(=O)CC1CCCN1C(=O)c1cnccn1. The first kappa shape index (κ1) is 11.7. The fraction of sp³-hybridized carbons (Fsp3) is 0.500. The van der Waals surface area contributed by atoms with E-state index in [4.69, 9.17) is 0 Å². The molecule has 0 spiro atoms. The van der Waals surface area contributed by atoms with Gasteiger partial charge in [0.15, 0.2) is 0 Å². The van der Waals surface area contributed by atoms with Gasteiger partial charge in [0.2, 0.25) is 0 Å². The maximum absolute atomic E-state index is 12.2. The molecule has 90 valence electrons. The molecule has 5 heteroatoms. The lowest BCUT2D eigenvalue weighted by atomic mass is 10.1. The first-order valence-corrected chi connectivity index (χ1v) is 5.75. The van der Waals surface area contributed by atoms with E-state index in [9.17, 15) is 9.59 Å². The lowest BCUT2D eigenvalue weighted by molar-refractivity contribution is -0.117. The zero-order valence-electron chi connectivity index (χ0n) is 9.80. The molecular weight excluding hydrogens is 218 g/mol. The third-order valence-corrected chi connectivity index (χ3v) is 2.94. The number of carbonyl (C=O) groups is 2.